The first-order valence-electron chi connectivity index (χ1n) is 16.8. The van der Waals surface area contributed by atoms with Crippen molar-refractivity contribution in [3.05, 3.63) is 144 Å². The minimum Gasteiger partial charge on any atom is -0.406 e. The van der Waals surface area contributed by atoms with Gasteiger partial charge in [0.15, 0.2) is 0 Å². The molecular formula is C43H32BF3N2O. The fraction of sp³-hybridized carbons (Fsp3) is 0.116. The van der Waals surface area contributed by atoms with Crippen molar-refractivity contribution in [3.63, 3.8) is 0 Å². The maximum absolute atomic E-state index is 14.2. The van der Waals surface area contributed by atoms with E-state index in [0.29, 0.717) is 11.4 Å². The second-order valence-electron chi connectivity index (χ2n) is 13.6. The molecule has 7 aromatic rings. The van der Waals surface area contributed by atoms with E-state index in [9.17, 15) is 13.2 Å². The molecular weight excluding hydrogens is 628 g/mol. The first kappa shape index (κ1) is 30.4. The monoisotopic (exact) mass is 660 g/mol. The molecule has 2 heterocycles. The molecule has 7 aromatic carbocycles. The van der Waals surface area contributed by atoms with Crippen molar-refractivity contribution >= 4 is 78.8 Å². The first-order valence-corrected chi connectivity index (χ1v) is 16.8. The van der Waals surface area contributed by atoms with E-state index in [4.69, 9.17) is 4.74 Å². The Kier molecular flexibility index (Phi) is 6.63. The largest absolute Gasteiger partial charge is 0.573 e. The number of anilines is 6. The smallest absolute Gasteiger partial charge is 0.406 e. The summed E-state index contributed by atoms with van der Waals surface area (Å²) in [6, 6.07) is 40.7. The van der Waals surface area contributed by atoms with Crippen LogP contribution >= 0.6 is 0 Å². The summed E-state index contributed by atoms with van der Waals surface area (Å²) in [6.45, 7) is 8.09. The summed E-state index contributed by atoms with van der Waals surface area (Å²) in [5.74, 6) is -0.264. The third kappa shape index (κ3) is 4.60. The van der Waals surface area contributed by atoms with E-state index in [-0.39, 0.29) is 12.5 Å². The second kappa shape index (κ2) is 10.9. The molecule has 0 saturated heterocycles. The van der Waals surface area contributed by atoms with Crippen LogP contribution in [0.3, 0.4) is 0 Å². The van der Waals surface area contributed by atoms with E-state index >= 15 is 0 Å². The van der Waals surface area contributed by atoms with E-state index in [1.165, 1.54) is 0 Å². The zero-order valence-corrected chi connectivity index (χ0v) is 28.1. The van der Waals surface area contributed by atoms with Crippen LogP contribution in [0.5, 0.6) is 5.75 Å². The van der Waals surface area contributed by atoms with E-state index < -0.39 is 6.36 Å². The summed E-state index contributed by atoms with van der Waals surface area (Å²) in [7, 11) is 0. The highest BCUT2D eigenvalue weighted by Crippen LogP contribution is 2.49. The topological polar surface area (TPSA) is 15.7 Å². The maximum Gasteiger partial charge on any atom is 0.573 e. The second-order valence-corrected chi connectivity index (χ2v) is 13.6. The van der Waals surface area contributed by atoms with Gasteiger partial charge in [0, 0.05) is 57.0 Å². The average Bonchev–Trinajstić information content (AvgIpc) is 3.08. The zero-order chi connectivity index (χ0) is 34.5. The van der Waals surface area contributed by atoms with Crippen molar-refractivity contribution in [3.8, 4) is 5.75 Å². The van der Waals surface area contributed by atoms with Crippen LogP contribution in [0.1, 0.15) is 22.3 Å². The molecule has 7 heteroatoms. The van der Waals surface area contributed by atoms with Crippen molar-refractivity contribution in [2.45, 2.75) is 34.1 Å². The minimum absolute atomic E-state index is 0.264. The summed E-state index contributed by atoms with van der Waals surface area (Å²) in [5, 5.41) is 4.28. The van der Waals surface area contributed by atoms with Gasteiger partial charge in [0.1, 0.15) is 5.75 Å². The van der Waals surface area contributed by atoms with Gasteiger partial charge in [-0.05, 0) is 101 Å². The Morgan fingerprint density at radius 3 is 1.38 bits per heavy atom. The SMILES string of the molecule is Cc1cccc(N2c3cc(OC(F)(F)F)cc4c3B(c3cc(C)c5ccccc5c32)c2cc(C)c3ccccc3c2N4c2cccc(C)c2)c1. The lowest BCUT2D eigenvalue weighted by Crippen LogP contribution is -2.61. The Balaban J connectivity index is 1.50. The van der Waals surface area contributed by atoms with Gasteiger partial charge in [-0.3, -0.25) is 0 Å². The number of halogens is 3. The molecule has 0 saturated carbocycles. The molecule has 0 spiro atoms. The minimum atomic E-state index is -4.88. The first-order chi connectivity index (χ1) is 24.1. The fourth-order valence-corrected chi connectivity index (χ4v) is 8.32. The molecule has 9 rings (SSSR count). The van der Waals surface area contributed by atoms with Crippen LogP contribution in [-0.4, -0.2) is 13.1 Å². The quantitative estimate of drug-likeness (QED) is 0.176. The summed E-state index contributed by atoms with van der Waals surface area (Å²) < 4.78 is 47.4. The van der Waals surface area contributed by atoms with Gasteiger partial charge in [0.05, 0.1) is 0 Å². The van der Waals surface area contributed by atoms with Gasteiger partial charge < -0.3 is 14.5 Å². The third-order valence-electron chi connectivity index (χ3n) is 10.2. The van der Waals surface area contributed by atoms with Crippen molar-refractivity contribution in [2.75, 3.05) is 9.80 Å². The Labute approximate surface area is 289 Å². The molecule has 0 amide bonds. The van der Waals surface area contributed by atoms with Crippen molar-refractivity contribution in [2.24, 2.45) is 0 Å². The van der Waals surface area contributed by atoms with Gasteiger partial charge in [-0.2, -0.15) is 0 Å². The lowest BCUT2D eigenvalue weighted by atomic mass is 9.33. The molecule has 0 radical (unpaired) electrons. The predicted molar refractivity (Wildman–Crippen MR) is 201 cm³/mol. The number of aryl methyl sites for hydroxylation is 4. The number of alkyl halides is 3. The molecule has 50 heavy (non-hydrogen) atoms. The van der Waals surface area contributed by atoms with Crippen LogP contribution < -0.4 is 30.9 Å². The van der Waals surface area contributed by atoms with Crippen LogP contribution in [-0.2, 0) is 0 Å². The Hall–Kier alpha value is -5.69. The molecule has 2 aliphatic heterocycles. The number of ether oxygens (including phenoxy) is 1. The van der Waals surface area contributed by atoms with Gasteiger partial charge in [-0.25, -0.2) is 0 Å². The fourth-order valence-electron chi connectivity index (χ4n) is 8.32. The number of hydrogen-bond donors (Lipinski definition) is 0. The highest BCUT2D eigenvalue weighted by atomic mass is 19.4. The maximum atomic E-state index is 14.2. The standard InChI is InChI=1S/C43H32BF3N2O/c1-25-11-9-13-29(19-25)48-38-23-31(50-43(45,46)47)24-39-40(38)44(36-21-27(3)32-15-5-7-17-34(32)41(36)48)37-22-28(4)33-16-6-8-18-35(33)42(37)49(39)30-14-10-12-26(2)20-30/h5-24H,1-4H3. The van der Waals surface area contributed by atoms with Crippen molar-refractivity contribution < 1.29 is 17.9 Å². The van der Waals surface area contributed by atoms with Crippen molar-refractivity contribution in [1.29, 1.82) is 0 Å². The highest BCUT2D eigenvalue weighted by molar-refractivity contribution is 7.00. The van der Waals surface area contributed by atoms with Gasteiger partial charge in [-0.15, -0.1) is 13.2 Å². The number of hydrogen-bond acceptors (Lipinski definition) is 3. The number of fused-ring (bicyclic) bond motifs is 8. The summed E-state index contributed by atoms with van der Waals surface area (Å²) >= 11 is 0. The summed E-state index contributed by atoms with van der Waals surface area (Å²) in [5.41, 5.74) is 12.5. The lowest BCUT2D eigenvalue weighted by Gasteiger charge is -2.45. The highest BCUT2D eigenvalue weighted by Gasteiger charge is 2.46. The molecule has 0 fully saturated rings. The van der Waals surface area contributed by atoms with Crippen LogP contribution in [0.15, 0.2) is 121 Å². The number of benzene rings is 7. The molecule has 0 unspecified atom stereocenters. The molecule has 0 aromatic heterocycles. The van der Waals surface area contributed by atoms with Gasteiger partial charge in [-0.1, -0.05) is 84.9 Å². The average molecular weight is 661 g/mol. The molecule has 3 nitrogen and oxygen atoms in total. The van der Waals surface area contributed by atoms with E-state index in [2.05, 4.69) is 72.2 Å². The Morgan fingerprint density at radius 1 is 0.520 bits per heavy atom. The Bertz CT molecular complexity index is 2380. The van der Waals surface area contributed by atoms with Crippen LogP contribution in [0.25, 0.3) is 21.5 Å². The van der Waals surface area contributed by atoms with Crippen molar-refractivity contribution in [1.82, 2.24) is 0 Å². The Morgan fingerprint density at radius 2 is 0.960 bits per heavy atom. The lowest BCUT2D eigenvalue weighted by molar-refractivity contribution is -0.274. The normalized spacial score (nSPS) is 13.4. The molecule has 2 aliphatic rings. The molecule has 244 valence electrons. The van der Waals surface area contributed by atoms with Crippen LogP contribution in [0, 0.1) is 27.7 Å². The summed E-state index contributed by atoms with van der Waals surface area (Å²) in [6.07, 6.45) is -4.88. The van der Waals surface area contributed by atoms with E-state index in [1.807, 2.05) is 74.5 Å². The molecule has 0 aliphatic carbocycles. The van der Waals surface area contributed by atoms with E-state index in [1.54, 1.807) is 12.1 Å². The predicted octanol–water partition coefficient (Wildman–Crippen LogP) is 10.2. The van der Waals surface area contributed by atoms with Gasteiger partial charge >= 0.3 is 6.36 Å². The molecule has 0 bridgehead atoms. The van der Waals surface area contributed by atoms with Gasteiger partial charge in [0.2, 0.25) is 0 Å². The zero-order valence-electron chi connectivity index (χ0n) is 28.1. The number of nitrogens with zero attached hydrogens (tertiary/aromatic N) is 2. The summed E-state index contributed by atoms with van der Waals surface area (Å²) in [4.78, 5) is 4.30. The third-order valence-corrected chi connectivity index (χ3v) is 10.2. The van der Waals surface area contributed by atoms with E-state index in [0.717, 1.165) is 82.9 Å². The van der Waals surface area contributed by atoms with Crippen LogP contribution in [0.2, 0.25) is 0 Å². The molecule has 0 N–H and O–H groups in total. The van der Waals surface area contributed by atoms with Gasteiger partial charge in [0.25, 0.3) is 6.71 Å². The van der Waals surface area contributed by atoms with Crippen LogP contribution in [0.4, 0.5) is 47.3 Å². The number of rotatable bonds is 3. The molecule has 0 atom stereocenters.